The third-order valence-corrected chi connectivity index (χ3v) is 5.51. The van der Waals surface area contributed by atoms with Crippen molar-refractivity contribution in [1.82, 2.24) is 14.8 Å². The molecule has 3 rings (SSSR count). The zero-order valence-corrected chi connectivity index (χ0v) is 12.7. The first-order valence-electron chi connectivity index (χ1n) is 6.39. The van der Waals surface area contributed by atoms with Crippen LogP contribution in [-0.4, -0.2) is 64.8 Å². The minimum atomic E-state index is -0.255. The lowest BCUT2D eigenvalue weighted by atomic mass is 10.2. The fraction of sp³-hybridized carbons (Fsp3) is 0.583. The van der Waals surface area contributed by atoms with Crippen molar-refractivity contribution in [1.29, 1.82) is 0 Å². The smallest absolute Gasteiger partial charge is 0.410 e. The molecule has 3 heterocycles. The summed E-state index contributed by atoms with van der Waals surface area (Å²) in [5.74, 6) is 0.496. The molecule has 20 heavy (non-hydrogen) atoms. The molecule has 2 aliphatic heterocycles. The molecule has 2 amide bonds. The van der Waals surface area contributed by atoms with Crippen LogP contribution in [0.4, 0.5) is 4.79 Å². The maximum absolute atomic E-state index is 12.2. The van der Waals surface area contributed by atoms with Crippen LogP contribution in [0.2, 0.25) is 0 Å². The van der Waals surface area contributed by atoms with Crippen LogP contribution in [0, 0.1) is 6.92 Å². The number of rotatable bonds is 3. The Hall–Kier alpha value is -1.28. The molecule has 1 aromatic heterocycles. The van der Waals surface area contributed by atoms with Crippen molar-refractivity contribution in [3.05, 3.63) is 11.1 Å². The molecule has 0 saturated carbocycles. The number of carbonyl (C=O) groups excluding carboxylic acids is 2. The minimum absolute atomic E-state index is 0.0207. The van der Waals surface area contributed by atoms with E-state index in [4.69, 9.17) is 4.74 Å². The number of ether oxygens (including phenoxy) is 1. The van der Waals surface area contributed by atoms with Crippen molar-refractivity contribution < 1.29 is 14.3 Å². The Morgan fingerprint density at radius 1 is 1.60 bits per heavy atom. The Kier molecular flexibility index (Phi) is 3.84. The molecule has 0 radical (unpaired) electrons. The first-order valence-corrected chi connectivity index (χ1v) is 8.26. The monoisotopic (exact) mass is 313 g/mol. The molecular weight excluding hydrogens is 298 g/mol. The van der Waals surface area contributed by atoms with Gasteiger partial charge in [-0.2, -0.15) is 0 Å². The van der Waals surface area contributed by atoms with E-state index in [1.165, 1.54) is 11.8 Å². The number of amides is 2. The highest BCUT2D eigenvalue weighted by atomic mass is 32.2. The van der Waals surface area contributed by atoms with Crippen molar-refractivity contribution in [2.45, 2.75) is 17.3 Å². The third-order valence-electron chi connectivity index (χ3n) is 3.39. The summed E-state index contributed by atoms with van der Waals surface area (Å²) in [5.41, 5.74) is 0.986. The Labute approximate surface area is 125 Å². The second kappa shape index (κ2) is 5.61. The van der Waals surface area contributed by atoms with Gasteiger partial charge in [-0.15, -0.1) is 11.3 Å². The first kappa shape index (κ1) is 13.7. The molecule has 2 saturated heterocycles. The Balaban J connectivity index is 1.52. The van der Waals surface area contributed by atoms with E-state index in [1.807, 2.05) is 17.2 Å². The molecule has 1 atom stereocenters. The molecule has 1 unspecified atom stereocenters. The van der Waals surface area contributed by atoms with Crippen LogP contribution < -0.4 is 0 Å². The van der Waals surface area contributed by atoms with E-state index >= 15 is 0 Å². The fourth-order valence-corrected chi connectivity index (χ4v) is 4.08. The van der Waals surface area contributed by atoms with Crippen LogP contribution in [0.25, 0.3) is 0 Å². The highest BCUT2D eigenvalue weighted by Gasteiger charge is 2.38. The summed E-state index contributed by atoms with van der Waals surface area (Å²) in [4.78, 5) is 31.4. The third kappa shape index (κ3) is 2.76. The van der Waals surface area contributed by atoms with Crippen molar-refractivity contribution in [2.24, 2.45) is 0 Å². The average molecular weight is 313 g/mol. The quantitative estimate of drug-likeness (QED) is 0.785. The predicted molar refractivity (Wildman–Crippen MR) is 76.0 cm³/mol. The van der Waals surface area contributed by atoms with Crippen LogP contribution in [-0.2, 0) is 9.53 Å². The number of hydrogen-bond acceptors (Lipinski definition) is 6. The van der Waals surface area contributed by atoms with Crippen molar-refractivity contribution in [3.8, 4) is 0 Å². The lowest BCUT2D eigenvalue weighted by molar-refractivity contribution is -0.130. The van der Waals surface area contributed by atoms with Gasteiger partial charge in [-0.25, -0.2) is 9.78 Å². The summed E-state index contributed by atoms with van der Waals surface area (Å²) in [6, 6.07) is 0.0207. The van der Waals surface area contributed by atoms with Crippen molar-refractivity contribution in [2.75, 3.05) is 32.0 Å². The van der Waals surface area contributed by atoms with Crippen LogP contribution >= 0.6 is 23.1 Å². The van der Waals surface area contributed by atoms with Gasteiger partial charge in [-0.05, 0) is 6.92 Å². The standard InChI is InChI=1S/C12H15N3O3S2/c1-8-6-19-11(13-8)20-7-10(16)14-2-3-15-9(4-14)5-18-12(15)17/h6,9H,2-5,7H2,1H3. The topological polar surface area (TPSA) is 62.7 Å². The number of thiazole rings is 1. The first-order chi connectivity index (χ1) is 9.63. The molecule has 1 aromatic rings. The van der Waals surface area contributed by atoms with Gasteiger partial charge in [0.25, 0.3) is 0 Å². The number of thioether (sulfide) groups is 1. The van der Waals surface area contributed by atoms with Crippen molar-refractivity contribution in [3.63, 3.8) is 0 Å². The summed E-state index contributed by atoms with van der Waals surface area (Å²) in [6.07, 6.45) is -0.255. The number of aryl methyl sites for hydroxylation is 1. The molecule has 8 heteroatoms. The zero-order chi connectivity index (χ0) is 14.1. The minimum Gasteiger partial charge on any atom is -0.447 e. The van der Waals surface area contributed by atoms with Crippen LogP contribution in [0.3, 0.4) is 0 Å². The summed E-state index contributed by atoms with van der Waals surface area (Å²) < 4.78 is 5.92. The largest absolute Gasteiger partial charge is 0.447 e. The summed E-state index contributed by atoms with van der Waals surface area (Å²) in [5, 5.41) is 1.98. The van der Waals surface area contributed by atoms with Gasteiger partial charge in [0.05, 0.1) is 11.8 Å². The Morgan fingerprint density at radius 2 is 2.45 bits per heavy atom. The van der Waals surface area contributed by atoms with E-state index in [0.29, 0.717) is 32.0 Å². The van der Waals surface area contributed by atoms with Gasteiger partial charge < -0.3 is 9.64 Å². The highest BCUT2D eigenvalue weighted by molar-refractivity contribution is 8.01. The van der Waals surface area contributed by atoms with Gasteiger partial charge in [0, 0.05) is 30.7 Å². The van der Waals surface area contributed by atoms with Crippen LogP contribution in [0.1, 0.15) is 5.69 Å². The maximum Gasteiger partial charge on any atom is 0.410 e. The predicted octanol–water partition coefficient (Wildman–Crippen LogP) is 1.21. The highest BCUT2D eigenvalue weighted by Crippen LogP contribution is 2.24. The van der Waals surface area contributed by atoms with Gasteiger partial charge in [-0.3, -0.25) is 9.69 Å². The number of fused-ring (bicyclic) bond motifs is 1. The molecule has 6 nitrogen and oxygen atoms in total. The van der Waals surface area contributed by atoms with Crippen molar-refractivity contribution >= 4 is 35.1 Å². The van der Waals surface area contributed by atoms with Gasteiger partial charge in [0.1, 0.15) is 6.61 Å². The molecule has 2 aliphatic rings. The molecule has 0 N–H and O–H groups in total. The number of piperazine rings is 1. The number of aromatic nitrogens is 1. The Bertz CT molecular complexity index is 534. The van der Waals surface area contributed by atoms with Gasteiger partial charge in [-0.1, -0.05) is 11.8 Å². The molecule has 0 spiro atoms. The number of hydrogen-bond donors (Lipinski definition) is 0. The average Bonchev–Trinajstić information content (AvgIpc) is 3.02. The van der Waals surface area contributed by atoms with E-state index in [9.17, 15) is 9.59 Å². The summed E-state index contributed by atoms with van der Waals surface area (Å²) >= 11 is 3.04. The molecule has 0 bridgehead atoms. The van der Waals surface area contributed by atoms with Crippen LogP contribution in [0.15, 0.2) is 9.72 Å². The maximum atomic E-state index is 12.2. The number of cyclic esters (lactones) is 1. The van der Waals surface area contributed by atoms with Crippen LogP contribution in [0.5, 0.6) is 0 Å². The van der Waals surface area contributed by atoms with E-state index in [2.05, 4.69) is 4.98 Å². The lowest BCUT2D eigenvalue weighted by Crippen LogP contribution is -2.54. The van der Waals surface area contributed by atoms with E-state index in [-0.39, 0.29) is 18.0 Å². The summed E-state index contributed by atoms with van der Waals surface area (Å²) in [6.45, 7) is 4.06. The fourth-order valence-electron chi connectivity index (χ4n) is 2.33. The lowest BCUT2D eigenvalue weighted by Gasteiger charge is -2.35. The molecule has 0 aliphatic carbocycles. The molecule has 2 fully saturated rings. The second-order valence-electron chi connectivity index (χ2n) is 4.81. The van der Waals surface area contributed by atoms with Gasteiger partial charge >= 0.3 is 6.09 Å². The Morgan fingerprint density at radius 3 is 3.20 bits per heavy atom. The number of carbonyl (C=O) groups is 2. The molecule has 108 valence electrons. The second-order valence-corrected chi connectivity index (χ2v) is 6.89. The normalized spacial score (nSPS) is 21.9. The van der Waals surface area contributed by atoms with E-state index in [0.717, 1.165) is 10.0 Å². The molecular formula is C12H15N3O3S2. The van der Waals surface area contributed by atoms with Gasteiger partial charge in [0.15, 0.2) is 4.34 Å². The zero-order valence-electron chi connectivity index (χ0n) is 11.1. The van der Waals surface area contributed by atoms with E-state index in [1.54, 1.807) is 16.2 Å². The molecule has 0 aromatic carbocycles. The van der Waals surface area contributed by atoms with E-state index < -0.39 is 0 Å². The summed E-state index contributed by atoms with van der Waals surface area (Å²) in [7, 11) is 0. The SMILES string of the molecule is Cc1csc(SCC(=O)N2CCN3C(=O)OCC3C2)n1. The number of nitrogens with zero attached hydrogens (tertiary/aromatic N) is 3. The van der Waals surface area contributed by atoms with Gasteiger partial charge in [0.2, 0.25) is 5.91 Å².